The molecule has 3 N–H and O–H groups in total. The first-order chi connectivity index (χ1) is 17.0. The van der Waals surface area contributed by atoms with Crippen molar-refractivity contribution in [3.8, 4) is 11.3 Å². The standard InChI is InChI=1S/C23H29FN4O6S2/c1-4-15-14-18-19(22(29)25-3)20(16-8-10-17(24)11-9-16)34-23(18)27-21(15)28-36(32,33)13-7-6-12-26-35(30,31)5-2/h8-11,14,26H,4-7,12-13H2,1-3H3,(H,25,29)(H,27,28). The smallest absolute Gasteiger partial charge is 0.255 e. The van der Waals surface area contributed by atoms with Crippen molar-refractivity contribution in [2.75, 3.05) is 29.8 Å². The molecule has 1 amide bonds. The first-order valence-electron chi connectivity index (χ1n) is 11.4. The fourth-order valence-corrected chi connectivity index (χ4v) is 5.34. The predicted molar refractivity (Wildman–Crippen MR) is 136 cm³/mol. The van der Waals surface area contributed by atoms with E-state index in [1.807, 2.05) is 6.92 Å². The molecule has 0 saturated heterocycles. The van der Waals surface area contributed by atoms with Crippen molar-refractivity contribution in [2.24, 2.45) is 0 Å². The van der Waals surface area contributed by atoms with E-state index in [-0.39, 0.29) is 47.3 Å². The van der Waals surface area contributed by atoms with Gasteiger partial charge in [0.05, 0.1) is 22.5 Å². The molecule has 0 fully saturated rings. The molecular weight excluding hydrogens is 511 g/mol. The van der Waals surface area contributed by atoms with E-state index in [0.717, 1.165) is 0 Å². The topological polar surface area (TPSA) is 147 Å². The average molecular weight is 541 g/mol. The second-order valence-corrected chi connectivity index (χ2v) is 12.0. The van der Waals surface area contributed by atoms with Crippen LogP contribution < -0.4 is 14.8 Å². The lowest BCUT2D eigenvalue weighted by atomic mass is 10.0. The average Bonchev–Trinajstić information content (AvgIpc) is 3.21. The number of unbranched alkanes of at least 4 members (excludes halogenated alkanes) is 1. The fourth-order valence-electron chi connectivity index (χ4n) is 3.52. The summed E-state index contributed by atoms with van der Waals surface area (Å²) in [6, 6.07) is 7.09. The zero-order valence-electron chi connectivity index (χ0n) is 20.2. The number of rotatable bonds is 12. The summed E-state index contributed by atoms with van der Waals surface area (Å²) in [6.07, 6.45) is 1.01. The van der Waals surface area contributed by atoms with Crippen molar-refractivity contribution in [1.82, 2.24) is 15.0 Å². The maximum absolute atomic E-state index is 13.4. The molecule has 196 valence electrons. The van der Waals surface area contributed by atoms with E-state index in [1.54, 1.807) is 6.07 Å². The van der Waals surface area contributed by atoms with Crippen LogP contribution in [0.1, 0.15) is 42.6 Å². The number of amides is 1. The number of carbonyl (C=O) groups excluding carboxylic acids is 1. The van der Waals surface area contributed by atoms with Crippen LogP contribution >= 0.6 is 0 Å². The van der Waals surface area contributed by atoms with Gasteiger partial charge in [0.25, 0.3) is 5.91 Å². The van der Waals surface area contributed by atoms with E-state index >= 15 is 0 Å². The summed E-state index contributed by atoms with van der Waals surface area (Å²) >= 11 is 0. The molecule has 0 aliphatic heterocycles. The Balaban J connectivity index is 1.89. The number of carbonyl (C=O) groups is 1. The number of aromatic nitrogens is 1. The van der Waals surface area contributed by atoms with Crippen LogP contribution in [0.25, 0.3) is 22.4 Å². The fraction of sp³-hybridized carbons (Fsp3) is 0.391. The Bertz CT molecular complexity index is 1450. The molecule has 0 saturated carbocycles. The highest BCUT2D eigenvalue weighted by Gasteiger charge is 2.25. The van der Waals surface area contributed by atoms with E-state index in [9.17, 15) is 26.0 Å². The van der Waals surface area contributed by atoms with Gasteiger partial charge in [-0.25, -0.2) is 25.9 Å². The lowest BCUT2D eigenvalue weighted by Crippen LogP contribution is -2.27. The molecular formula is C23H29FN4O6S2. The molecule has 3 aromatic rings. The highest BCUT2D eigenvalue weighted by atomic mass is 32.2. The number of nitrogens with one attached hydrogen (secondary N) is 3. The Morgan fingerprint density at radius 3 is 2.36 bits per heavy atom. The molecule has 36 heavy (non-hydrogen) atoms. The van der Waals surface area contributed by atoms with Gasteiger partial charge in [0.2, 0.25) is 25.8 Å². The molecule has 13 heteroatoms. The number of aryl methyl sites for hydroxylation is 1. The predicted octanol–water partition coefficient (Wildman–Crippen LogP) is 3.02. The van der Waals surface area contributed by atoms with E-state index in [4.69, 9.17) is 4.42 Å². The molecule has 3 rings (SSSR count). The SMILES string of the molecule is CCc1cc2c(C(=O)NC)c(-c3ccc(F)cc3)oc2nc1NS(=O)(=O)CCCCNS(=O)(=O)CC. The van der Waals surface area contributed by atoms with Gasteiger partial charge >= 0.3 is 0 Å². The van der Waals surface area contributed by atoms with Crippen molar-refractivity contribution in [3.05, 3.63) is 47.3 Å². The maximum Gasteiger partial charge on any atom is 0.255 e. The monoisotopic (exact) mass is 540 g/mol. The molecule has 0 spiro atoms. The minimum Gasteiger partial charge on any atom is -0.437 e. The molecule has 0 aliphatic rings. The second-order valence-electron chi connectivity index (χ2n) is 8.02. The van der Waals surface area contributed by atoms with Gasteiger partial charge in [0, 0.05) is 19.2 Å². The highest BCUT2D eigenvalue weighted by Crippen LogP contribution is 2.35. The Morgan fingerprint density at radius 2 is 1.75 bits per heavy atom. The van der Waals surface area contributed by atoms with Crippen LogP contribution in [0.3, 0.4) is 0 Å². The number of nitrogens with zero attached hydrogens (tertiary/aromatic N) is 1. The Labute approximate surface area is 209 Å². The second kappa shape index (κ2) is 11.4. The molecule has 2 aromatic heterocycles. The molecule has 0 bridgehead atoms. The summed E-state index contributed by atoms with van der Waals surface area (Å²) in [4.78, 5) is 17.0. The summed E-state index contributed by atoms with van der Waals surface area (Å²) < 4.78 is 72.5. The molecule has 0 unspecified atom stereocenters. The number of benzene rings is 1. The lowest BCUT2D eigenvalue weighted by Gasteiger charge is -2.11. The number of hydrogen-bond acceptors (Lipinski definition) is 7. The van der Waals surface area contributed by atoms with E-state index in [1.165, 1.54) is 38.2 Å². The number of fused-ring (bicyclic) bond motifs is 1. The largest absolute Gasteiger partial charge is 0.437 e. The summed E-state index contributed by atoms with van der Waals surface area (Å²) in [7, 11) is -5.65. The Morgan fingerprint density at radius 1 is 1.06 bits per heavy atom. The number of hydrogen-bond donors (Lipinski definition) is 3. The number of halogens is 1. The number of sulfonamides is 2. The maximum atomic E-state index is 13.4. The highest BCUT2D eigenvalue weighted by molar-refractivity contribution is 7.92. The van der Waals surface area contributed by atoms with Gasteiger partial charge in [-0.3, -0.25) is 9.52 Å². The van der Waals surface area contributed by atoms with Crippen LogP contribution in [0.5, 0.6) is 0 Å². The van der Waals surface area contributed by atoms with Gasteiger partial charge in [0.15, 0.2) is 0 Å². The summed E-state index contributed by atoms with van der Waals surface area (Å²) in [6.45, 7) is 3.49. The van der Waals surface area contributed by atoms with Gasteiger partial charge < -0.3 is 9.73 Å². The molecule has 0 atom stereocenters. The lowest BCUT2D eigenvalue weighted by molar-refractivity contribution is 0.0964. The molecule has 10 nitrogen and oxygen atoms in total. The number of anilines is 1. The summed E-state index contributed by atoms with van der Waals surface area (Å²) in [5.41, 5.74) is 1.28. The van der Waals surface area contributed by atoms with Gasteiger partial charge in [-0.05, 0) is 62.1 Å². The molecule has 1 aromatic carbocycles. The van der Waals surface area contributed by atoms with Crippen LogP contribution in [0, 0.1) is 5.82 Å². The van der Waals surface area contributed by atoms with Crippen molar-refractivity contribution in [1.29, 1.82) is 0 Å². The van der Waals surface area contributed by atoms with Crippen LogP contribution in [0.4, 0.5) is 10.2 Å². The van der Waals surface area contributed by atoms with Gasteiger partial charge in [-0.15, -0.1) is 0 Å². The van der Waals surface area contributed by atoms with Crippen molar-refractivity contribution in [3.63, 3.8) is 0 Å². The Kier molecular flexibility index (Phi) is 8.69. The van der Waals surface area contributed by atoms with E-state index in [0.29, 0.717) is 29.4 Å². The van der Waals surface area contributed by atoms with Gasteiger partial charge in [-0.1, -0.05) is 6.92 Å². The zero-order valence-corrected chi connectivity index (χ0v) is 21.9. The molecule has 2 heterocycles. The van der Waals surface area contributed by atoms with Crippen LogP contribution in [-0.2, 0) is 26.5 Å². The third kappa shape index (κ3) is 6.59. The van der Waals surface area contributed by atoms with E-state index < -0.39 is 31.8 Å². The first-order valence-corrected chi connectivity index (χ1v) is 14.7. The minimum atomic E-state index is -3.79. The molecule has 0 radical (unpaired) electrons. The van der Waals surface area contributed by atoms with Crippen LogP contribution in [0.15, 0.2) is 34.7 Å². The van der Waals surface area contributed by atoms with Crippen LogP contribution in [-0.4, -0.2) is 52.8 Å². The Hall–Kier alpha value is -3.03. The van der Waals surface area contributed by atoms with Gasteiger partial charge in [-0.2, -0.15) is 4.98 Å². The van der Waals surface area contributed by atoms with E-state index in [2.05, 4.69) is 19.7 Å². The van der Waals surface area contributed by atoms with Crippen molar-refractivity contribution >= 4 is 42.9 Å². The minimum absolute atomic E-state index is 0.0436. The summed E-state index contributed by atoms with van der Waals surface area (Å²) in [5, 5.41) is 2.96. The normalized spacial score (nSPS) is 12.1. The number of furan rings is 1. The zero-order chi connectivity index (χ0) is 26.5. The first kappa shape index (κ1) is 27.6. The summed E-state index contributed by atoms with van der Waals surface area (Å²) in [5.74, 6) is -0.872. The quantitative estimate of drug-likeness (QED) is 0.299. The third-order valence-electron chi connectivity index (χ3n) is 5.50. The third-order valence-corrected chi connectivity index (χ3v) is 8.23. The molecule has 0 aliphatic carbocycles. The van der Waals surface area contributed by atoms with Crippen molar-refractivity contribution in [2.45, 2.75) is 33.1 Å². The van der Waals surface area contributed by atoms with Gasteiger partial charge in [0.1, 0.15) is 17.4 Å². The number of pyridine rings is 1. The van der Waals surface area contributed by atoms with Crippen molar-refractivity contribution < 1.29 is 30.4 Å². The van der Waals surface area contributed by atoms with Crippen LogP contribution in [0.2, 0.25) is 0 Å².